The second kappa shape index (κ2) is 8.15. The fraction of sp³-hybridized carbons (Fsp3) is 0.471. The molecule has 1 aromatic carbocycles. The second-order valence-electron chi connectivity index (χ2n) is 5.90. The summed E-state index contributed by atoms with van der Waals surface area (Å²) in [5.74, 6) is -2.22. The molecule has 0 radical (unpaired) electrons. The predicted octanol–water partition coefficient (Wildman–Crippen LogP) is 2.45. The van der Waals surface area contributed by atoms with E-state index >= 15 is 0 Å². The molecule has 1 aliphatic heterocycles. The molecule has 1 aliphatic rings. The summed E-state index contributed by atoms with van der Waals surface area (Å²) in [6.07, 6.45) is 2.00. The first-order valence-corrected chi connectivity index (χ1v) is 8.40. The molecule has 6 nitrogen and oxygen atoms in total. The fourth-order valence-electron chi connectivity index (χ4n) is 2.74. The van der Waals surface area contributed by atoms with Crippen LogP contribution in [0.25, 0.3) is 0 Å². The number of rotatable bonds is 7. The van der Waals surface area contributed by atoms with E-state index in [1.807, 2.05) is 6.92 Å². The van der Waals surface area contributed by atoms with E-state index in [4.69, 9.17) is 11.6 Å². The Bertz CT molecular complexity index is 635. The molecule has 130 valence electrons. The number of carboxylic acid groups (broad SMARTS) is 1. The molecule has 0 bridgehead atoms. The summed E-state index contributed by atoms with van der Waals surface area (Å²) >= 11 is 6.11. The van der Waals surface area contributed by atoms with Crippen molar-refractivity contribution >= 4 is 35.1 Å². The van der Waals surface area contributed by atoms with Gasteiger partial charge in [0.1, 0.15) is 6.04 Å². The summed E-state index contributed by atoms with van der Waals surface area (Å²) in [7, 11) is 0. The molecule has 0 aromatic heterocycles. The molecule has 2 amide bonds. The van der Waals surface area contributed by atoms with Gasteiger partial charge >= 0.3 is 5.97 Å². The van der Waals surface area contributed by atoms with Gasteiger partial charge in [0.15, 0.2) is 0 Å². The number of carboxylic acids is 1. The fourth-order valence-corrected chi connectivity index (χ4v) is 2.98. The van der Waals surface area contributed by atoms with Gasteiger partial charge in [-0.3, -0.25) is 9.59 Å². The van der Waals surface area contributed by atoms with E-state index in [1.54, 1.807) is 24.3 Å². The number of para-hydroxylation sites is 1. The zero-order chi connectivity index (χ0) is 17.7. The van der Waals surface area contributed by atoms with Gasteiger partial charge in [-0.1, -0.05) is 43.5 Å². The standard InChI is InChI=1S/C17H21ClN2O4/c1-2-3-7-13(17(23)24)19-16(22)11-9-15(21)20(10-11)14-8-5-4-6-12(14)18/h4-6,8,11,13H,2-3,7,9-10H2,1H3,(H,19,22)(H,23,24). The molecule has 7 heteroatoms. The third-order valence-corrected chi connectivity index (χ3v) is 4.42. The van der Waals surface area contributed by atoms with Gasteiger partial charge in [-0.2, -0.15) is 0 Å². The third-order valence-electron chi connectivity index (χ3n) is 4.10. The van der Waals surface area contributed by atoms with Crippen molar-refractivity contribution in [1.82, 2.24) is 5.32 Å². The quantitative estimate of drug-likeness (QED) is 0.789. The number of carbonyl (C=O) groups excluding carboxylic acids is 2. The molecule has 0 spiro atoms. The number of amides is 2. The molecule has 2 N–H and O–H groups in total. The number of benzene rings is 1. The highest BCUT2D eigenvalue weighted by Gasteiger charge is 2.37. The van der Waals surface area contributed by atoms with Gasteiger partial charge in [-0.05, 0) is 18.6 Å². The Kier molecular flexibility index (Phi) is 6.20. The first kappa shape index (κ1) is 18.3. The van der Waals surface area contributed by atoms with E-state index < -0.39 is 23.8 Å². The minimum absolute atomic E-state index is 0.0528. The van der Waals surface area contributed by atoms with Crippen LogP contribution < -0.4 is 10.2 Å². The monoisotopic (exact) mass is 352 g/mol. The molecule has 1 aromatic rings. The number of hydrogen-bond acceptors (Lipinski definition) is 3. The van der Waals surface area contributed by atoms with Crippen molar-refractivity contribution in [2.24, 2.45) is 5.92 Å². The van der Waals surface area contributed by atoms with Gasteiger partial charge in [0.05, 0.1) is 16.6 Å². The molecule has 1 fully saturated rings. The molecule has 24 heavy (non-hydrogen) atoms. The SMILES string of the molecule is CCCCC(NC(=O)C1CC(=O)N(c2ccccc2Cl)C1)C(=O)O. The van der Waals surface area contributed by atoms with Crippen LogP contribution in [0.1, 0.15) is 32.6 Å². The summed E-state index contributed by atoms with van der Waals surface area (Å²) in [5.41, 5.74) is 0.570. The van der Waals surface area contributed by atoms with Crippen LogP contribution >= 0.6 is 11.6 Å². The van der Waals surface area contributed by atoms with Gasteiger partial charge < -0.3 is 15.3 Å². The topological polar surface area (TPSA) is 86.7 Å². The van der Waals surface area contributed by atoms with Crippen LogP contribution in [-0.4, -0.2) is 35.5 Å². The third kappa shape index (κ3) is 4.26. The van der Waals surface area contributed by atoms with Crippen molar-refractivity contribution < 1.29 is 19.5 Å². The molecule has 2 unspecified atom stereocenters. The Morgan fingerprint density at radius 2 is 2.12 bits per heavy atom. The molecule has 1 heterocycles. The minimum atomic E-state index is -1.05. The number of aliphatic carboxylic acids is 1. The van der Waals surface area contributed by atoms with E-state index in [-0.39, 0.29) is 18.9 Å². The molecule has 2 rings (SSSR count). The summed E-state index contributed by atoms with van der Waals surface area (Å²) in [6.45, 7) is 2.16. The molecular formula is C17H21ClN2O4. The van der Waals surface area contributed by atoms with Crippen LogP contribution in [0.3, 0.4) is 0 Å². The Labute approximate surface area is 145 Å². The van der Waals surface area contributed by atoms with Crippen LogP contribution in [0.4, 0.5) is 5.69 Å². The maximum Gasteiger partial charge on any atom is 0.326 e. The summed E-state index contributed by atoms with van der Waals surface area (Å²) < 4.78 is 0. The van der Waals surface area contributed by atoms with Crippen molar-refractivity contribution in [2.45, 2.75) is 38.6 Å². The zero-order valence-electron chi connectivity index (χ0n) is 13.5. The highest BCUT2D eigenvalue weighted by atomic mass is 35.5. The van der Waals surface area contributed by atoms with Gasteiger partial charge in [0.25, 0.3) is 0 Å². The molecular weight excluding hydrogens is 332 g/mol. The summed E-state index contributed by atoms with van der Waals surface area (Å²) in [4.78, 5) is 37.3. The normalized spacial score (nSPS) is 18.5. The van der Waals surface area contributed by atoms with E-state index in [0.717, 1.165) is 6.42 Å². The molecule has 2 atom stereocenters. The van der Waals surface area contributed by atoms with Crippen molar-refractivity contribution in [3.8, 4) is 0 Å². The van der Waals surface area contributed by atoms with Gasteiger partial charge in [-0.25, -0.2) is 4.79 Å². The maximum atomic E-state index is 12.3. The lowest BCUT2D eigenvalue weighted by Gasteiger charge is -2.19. The van der Waals surface area contributed by atoms with Crippen molar-refractivity contribution in [3.05, 3.63) is 29.3 Å². The first-order valence-electron chi connectivity index (χ1n) is 8.02. The lowest BCUT2D eigenvalue weighted by Crippen LogP contribution is -2.44. The van der Waals surface area contributed by atoms with Crippen molar-refractivity contribution in [2.75, 3.05) is 11.4 Å². The summed E-state index contributed by atoms with van der Waals surface area (Å²) in [6, 6.07) is 6.03. The van der Waals surface area contributed by atoms with Crippen LogP contribution in [0.15, 0.2) is 24.3 Å². The Morgan fingerprint density at radius 1 is 1.42 bits per heavy atom. The molecule has 1 saturated heterocycles. The summed E-state index contributed by atoms with van der Waals surface area (Å²) in [5, 5.41) is 12.2. The zero-order valence-corrected chi connectivity index (χ0v) is 14.3. The Hall–Kier alpha value is -2.08. The smallest absolute Gasteiger partial charge is 0.326 e. The van der Waals surface area contributed by atoms with Crippen molar-refractivity contribution in [1.29, 1.82) is 0 Å². The average Bonchev–Trinajstić information content (AvgIpc) is 2.93. The largest absolute Gasteiger partial charge is 0.480 e. The van der Waals surface area contributed by atoms with E-state index in [1.165, 1.54) is 4.90 Å². The molecule has 0 aliphatic carbocycles. The lowest BCUT2D eigenvalue weighted by atomic mass is 10.1. The predicted molar refractivity (Wildman–Crippen MR) is 91.0 cm³/mol. The Balaban J connectivity index is 2.03. The average molecular weight is 353 g/mol. The Morgan fingerprint density at radius 3 is 2.75 bits per heavy atom. The lowest BCUT2D eigenvalue weighted by molar-refractivity contribution is -0.142. The molecule has 0 saturated carbocycles. The number of halogens is 1. The number of hydrogen-bond donors (Lipinski definition) is 2. The number of anilines is 1. The number of nitrogens with zero attached hydrogens (tertiary/aromatic N) is 1. The first-order chi connectivity index (χ1) is 11.4. The maximum absolute atomic E-state index is 12.3. The highest BCUT2D eigenvalue weighted by molar-refractivity contribution is 6.33. The van der Waals surface area contributed by atoms with Crippen LogP contribution in [-0.2, 0) is 14.4 Å². The van der Waals surface area contributed by atoms with Gasteiger partial charge in [0.2, 0.25) is 11.8 Å². The van der Waals surface area contributed by atoms with E-state index in [2.05, 4.69) is 5.32 Å². The van der Waals surface area contributed by atoms with Crippen LogP contribution in [0.5, 0.6) is 0 Å². The number of carbonyl (C=O) groups is 3. The van der Waals surface area contributed by atoms with Crippen LogP contribution in [0.2, 0.25) is 5.02 Å². The van der Waals surface area contributed by atoms with Gasteiger partial charge in [0, 0.05) is 13.0 Å². The van der Waals surface area contributed by atoms with Crippen molar-refractivity contribution in [3.63, 3.8) is 0 Å². The minimum Gasteiger partial charge on any atom is -0.480 e. The highest BCUT2D eigenvalue weighted by Crippen LogP contribution is 2.31. The van der Waals surface area contributed by atoms with E-state index in [0.29, 0.717) is 23.6 Å². The van der Waals surface area contributed by atoms with Gasteiger partial charge in [-0.15, -0.1) is 0 Å². The second-order valence-corrected chi connectivity index (χ2v) is 6.31. The van der Waals surface area contributed by atoms with E-state index in [9.17, 15) is 19.5 Å². The number of nitrogens with one attached hydrogen (secondary N) is 1. The van der Waals surface area contributed by atoms with Crippen LogP contribution in [0, 0.1) is 5.92 Å². The number of unbranched alkanes of at least 4 members (excludes halogenated alkanes) is 1.